The first-order valence-electron chi connectivity index (χ1n) is 11.0. The van der Waals surface area contributed by atoms with Crippen LogP contribution in [0, 0.1) is 0 Å². The number of hydrogen-bond donors (Lipinski definition) is 0. The summed E-state index contributed by atoms with van der Waals surface area (Å²) in [5.41, 5.74) is 0.0488. The molecule has 1 fully saturated rings. The van der Waals surface area contributed by atoms with Gasteiger partial charge in [-0.05, 0) is 38.5 Å². The molecule has 1 aliphatic heterocycles. The fourth-order valence-corrected chi connectivity index (χ4v) is 5.50. The molecule has 0 atom stereocenters. The number of carbonyl (C=O) groups excluding carboxylic acids is 1. The smallest absolute Gasteiger partial charge is 0.389 e. The van der Waals surface area contributed by atoms with E-state index in [-0.39, 0.29) is 43.1 Å². The minimum absolute atomic E-state index is 0.0476. The number of benzene rings is 1. The molecule has 1 aromatic carbocycles. The van der Waals surface area contributed by atoms with Gasteiger partial charge in [0, 0.05) is 44.2 Å². The van der Waals surface area contributed by atoms with Gasteiger partial charge in [0.1, 0.15) is 5.60 Å². The number of aryl methyl sites for hydroxylation is 1. The molecule has 0 aliphatic carbocycles. The Morgan fingerprint density at radius 3 is 2.29 bits per heavy atom. The van der Waals surface area contributed by atoms with Gasteiger partial charge in [0.2, 0.25) is 0 Å². The second-order valence-electron chi connectivity index (χ2n) is 8.84. The number of nitrogens with zero attached hydrogens (tertiary/aromatic N) is 2. The Morgan fingerprint density at radius 2 is 1.77 bits per heavy atom. The van der Waals surface area contributed by atoms with Crippen molar-refractivity contribution >= 4 is 15.8 Å². The van der Waals surface area contributed by atoms with Gasteiger partial charge in [0.25, 0.3) is 0 Å². The molecule has 1 aromatic heterocycles. The molecule has 1 aliphatic rings. The van der Waals surface area contributed by atoms with Gasteiger partial charge in [-0.1, -0.05) is 18.7 Å². The summed E-state index contributed by atoms with van der Waals surface area (Å²) in [5.74, 6) is -0.852. The van der Waals surface area contributed by atoms with Gasteiger partial charge in [0.05, 0.1) is 22.5 Å². The molecule has 35 heavy (non-hydrogen) atoms. The number of carbonyl (C=O) groups is 1. The zero-order valence-corrected chi connectivity index (χ0v) is 20.3. The molecule has 0 N–H and O–H groups in total. The zero-order valence-electron chi connectivity index (χ0n) is 19.5. The predicted molar refractivity (Wildman–Crippen MR) is 122 cm³/mol. The molecule has 0 amide bonds. The molecular weight excluding hydrogens is 485 g/mol. The highest BCUT2D eigenvalue weighted by molar-refractivity contribution is 7.93. The lowest BCUT2D eigenvalue weighted by Gasteiger charge is -2.36. The van der Waals surface area contributed by atoms with Gasteiger partial charge >= 0.3 is 12.1 Å². The number of sulfone groups is 1. The minimum atomic E-state index is -4.28. The van der Waals surface area contributed by atoms with Crippen LogP contribution in [0.2, 0.25) is 0 Å². The van der Waals surface area contributed by atoms with Crippen LogP contribution < -0.4 is 0 Å². The van der Waals surface area contributed by atoms with E-state index in [1.165, 1.54) is 42.7 Å². The average Bonchev–Trinajstić information content (AvgIpc) is 2.83. The van der Waals surface area contributed by atoms with Crippen LogP contribution in [0.3, 0.4) is 0 Å². The Kier molecular flexibility index (Phi) is 7.71. The van der Waals surface area contributed by atoms with E-state index >= 15 is 0 Å². The van der Waals surface area contributed by atoms with Crippen LogP contribution >= 0.6 is 0 Å². The second-order valence-corrected chi connectivity index (χ2v) is 11.1. The van der Waals surface area contributed by atoms with Crippen LogP contribution in [0.25, 0.3) is 11.3 Å². The molecule has 0 saturated carbocycles. The van der Waals surface area contributed by atoms with Crippen molar-refractivity contribution in [1.29, 1.82) is 0 Å². The standard InChI is InChI=1S/C24H27F3N2O5S/c1-4-22(2,3)34-21(30)23(11-13-33-14-12-23)35(31,32)19-7-5-17(6-8-19)20-16-28-18(15-29-20)9-10-24(25,26)27/h4-8,15-16H,1,9-14H2,2-3H3. The van der Waals surface area contributed by atoms with Crippen LogP contribution in [0.1, 0.15) is 38.8 Å². The molecule has 11 heteroatoms. The van der Waals surface area contributed by atoms with Gasteiger partial charge in [-0.15, -0.1) is 0 Å². The Hall–Kier alpha value is -2.79. The zero-order chi connectivity index (χ0) is 25.9. The lowest BCUT2D eigenvalue weighted by molar-refractivity contribution is -0.158. The minimum Gasteiger partial charge on any atom is -0.454 e. The highest BCUT2D eigenvalue weighted by atomic mass is 32.2. The van der Waals surface area contributed by atoms with Crippen molar-refractivity contribution in [2.45, 2.75) is 61.0 Å². The summed E-state index contributed by atoms with van der Waals surface area (Å²) in [4.78, 5) is 21.3. The maximum Gasteiger partial charge on any atom is 0.389 e. The van der Waals surface area contributed by atoms with E-state index in [0.717, 1.165) is 0 Å². The van der Waals surface area contributed by atoms with Crippen LogP contribution in [-0.2, 0) is 30.5 Å². The maximum absolute atomic E-state index is 13.7. The lowest BCUT2D eigenvalue weighted by atomic mass is 9.98. The number of aromatic nitrogens is 2. The summed E-state index contributed by atoms with van der Waals surface area (Å²) in [5, 5.41) is 0. The quantitative estimate of drug-likeness (QED) is 0.380. The summed E-state index contributed by atoms with van der Waals surface area (Å²) in [6.07, 6.45) is -1.62. The molecule has 1 saturated heterocycles. The third kappa shape index (κ3) is 6.07. The normalized spacial score (nSPS) is 16.5. The van der Waals surface area contributed by atoms with Crippen LogP contribution in [0.15, 0.2) is 54.2 Å². The van der Waals surface area contributed by atoms with Gasteiger partial charge < -0.3 is 9.47 Å². The first-order valence-corrected chi connectivity index (χ1v) is 12.5. The number of esters is 1. The van der Waals surface area contributed by atoms with Crippen LogP contribution in [0.5, 0.6) is 0 Å². The molecule has 2 aromatic rings. The molecule has 7 nitrogen and oxygen atoms in total. The van der Waals surface area contributed by atoms with Crippen molar-refractivity contribution in [2.75, 3.05) is 13.2 Å². The maximum atomic E-state index is 13.7. The van der Waals surface area contributed by atoms with Crippen LogP contribution in [0.4, 0.5) is 13.2 Å². The SMILES string of the molecule is C=CC(C)(C)OC(=O)C1(S(=O)(=O)c2ccc(-c3cnc(CCC(F)(F)F)cn3)cc2)CCOCC1. The van der Waals surface area contributed by atoms with Crippen molar-refractivity contribution in [3.8, 4) is 11.3 Å². The van der Waals surface area contributed by atoms with Gasteiger partial charge in [-0.2, -0.15) is 13.2 Å². The third-order valence-electron chi connectivity index (χ3n) is 5.86. The third-order valence-corrected chi connectivity index (χ3v) is 8.36. The van der Waals surface area contributed by atoms with Crippen molar-refractivity contribution < 1.29 is 35.9 Å². The summed E-state index contributed by atoms with van der Waals surface area (Å²) in [6, 6.07) is 5.76. The lowest BCUT2D eigenvalue weighted by Crippen LogP contribution is -2.53. The van der Waals surface area contributed by atoms with Gasteiger partial charge in [-0.3, -0.25) is 14.8 Å². The van der Waals surface area contributed by atoms with E-state index in [0.29, 0.717) is 11.3 Å². The number of hydrogen-bond acceptors (Lipinski definition) is 7. The largest absolute Gasteiger partial charge is 0.454 e. The highest BCUT2D eigenvalue weighted by Gasteiger charge is 2.54. The van der Waals surface area contributed by atoms with E-state index in [9.17, 15) is 26.4 Å². The van der Waals surface area contributed by atoms with E-state index in [1.807, 2.05) is 0 Å². The Morgan fingerprint density at radius 1 is 1.14 bits per heavy atom. The Labute approximate surface area is 202 Å². The molecular formula is C24H27F3N2O5S. The second kappa shape index (κ2) is 10.1. The molecule has 2 heterocycles. The van der Waals surface area contributed by atoms with Crippen molar-refractivity contribution in [1.82, 2.24) is 9.97 Å². The first-order chi connectivity index (χ1) is 16.3. The topological polar surface area (TPSA) is 95.5 Å². The van der Waals surface area contributed by atoms with E-state index in [1.54, 1.807) is 13.8 Å². The Balaban J connectivity index is 1.86. The van der Waals surface area contributed by atoms with Crippen molar-refractivity contribution in [3.63, 3.8) is 0 Å². The highest BCUT2D eigenvalue weighted by Crippen LogP contribution is 2.38. The first kappa shape index (κ1) is 26.8. The van der Waals surface area contributed by atoms with Crippen LogP contribution in [-0.4, -0.2) is 54.1 Å². The number of alkyl halides is 3. The summed E-state index contributed by atoms with van der Waals surface area (Å²) in [6.45, 7) is 7.04. The predicted octanol–water partition coefficient (Wildman–Crippen LogP) is 4.47. The molecule has 0 radical (unpaired) electrons. The molecule has 0 spiro atoms. The van der Waals surface area contributed by atoms with Gasteiger partial charge in [0.15, 0.2) is 14.6 Å². The number of rotatable bonds is 8. The summed E-state index contributed by atoms with van der Waals surface area (Å²) < 4.78 is 73.5. The molecule has 0 bridgehead atoms. The average molecular weight is 513 g/mol. The van der Waals surface area contributed by atoms with E-state index < -0.39 is 38.8 Å². The van der Waals surface area contributed by atoms with Crippen molar-refractivity contribution in [3.05, 3.63) is 55.0 Å². The molecule has 0 unspecified atom stereocenters. The molecule has 190 valence electrons. The fraction of sp³-hybridized carbons (Fsp3) is 0.458. The van der Waals surface area contributed by atoms with E-state index in [2.05, 4.69) is 16.5 Å². The Bertz CT molecular complexity index is 1160. The van der Waals surface area contributed by atoms with E-state index in [4.69, 9.17) is 9.47 Å². The fourth-order valence-electron chi connectivity index (χ4n) is 3.59. The monoisotopic (exact) mass is 512 g/mol. The summed E-state index contributed by atoms with van der Waals surface area (Å²) in [7, 11) is -4.16. The number of halogens is 3. The number of ether oxygens (including phenoxy) is 2. The summed E-state index contributed by atoms with van der Waals surface area (Å²) >= 11 is 0. The molecule has 3 rings (SSSR count). The van der Waals surface area contributed by atoms with Crippen molar-refractivity contribution in [2.24, 2.45) is 0 Å². The van der Waals surface area contributed by atoms with Gasteiger partial charge in [-0.25, -0.2) is 8.42 Å².